The van der Waals surface area contributed by atoms with Crippen molar-refractivity contribution in [2.75, 3.05) is 19.0 Å². The van der Waals surface area contributed by atoms with Gasteiger partial charge in [0.25, 0.3) is 0 Å². The summed E-state index contributed by atoms with van der Waals surface area (Å²) in [6.07, 6.45) is -7.39. The summed E-state index contributed by atoms with van der Waals surface area (Å²) in [5.41, 5.74) is -3.90. The zero-order valence-electron chi connectivity index (χ0n) is 27.1. The van der Waals surface area contributed by atoms with Gasteiger partial charge in [0.05, 0.1) is 12.2 Å². The van der Waals surface area contributed by atoms with Crippen LogP contribution in [0, 0.1) is 35.0 Å². The normalized spacial score (nSPS) is 17.0. The SMILES string of the molecule is CCCOCC1CCC(c2cc(F)c(C(F)(F)Oc3ccc(-c4cc(F)c(OC(F)(F)c5ccc(/C(F)=C/F)c(F)c5)c(F)c4)cc3)c(F)c2)SC1. The van der Waals surface area contributed by atoms with Crippen LogP contribution in [-0.2, 0) is 17.0 Å². The Labute approximate surface area is 295 Å². The second kappa shape index (κ2) is 16.2. The standard InChI is InChI=1S/C37H29F11O3S/c1-2-11-49-18-20-3-10-33(52-19-20)23-14-28(40)34(29(41)15-23)37(47,48)50-25-7-4-21(5-8-25)22-12-30(42)35(31(43)13-22)51-36(45,46)24-6-9-26(27(39)16-24)32(44)17-38/h4-9,12-17,20,33H,2-3,10-11,18-19H2,1H3/b32-17-. The Bertz CT molecular complexity index is 1860. The van der Waals surface area contributed by atoms with E-state index < -0.39 is 81.6 Å². The van der Waals surface area contributed by atoms with E-state index >= 15 is 17.6 Å². The molecule has 0 bridgehead atoms. The van der Waals surface area contributed by atoms with Gasteiger partial charge in [-0.2, -0.15) is 29.3 Å². The second-order valence-corrected chi connectivity index (χ2v) is 13.1. The van der Waals surface area contributed by atoms with Crippen molar-refractivity contribution in [3.05, 3.63) is 124 Å². The van der Waals surface area contributed by atoms with Gasteiger partial charge in [0.15, 0.2) is 23.2 Å². The van der Waals surface area contributed by atoms with Gasteiger partial charge in [-0.15, -0.1) is 0 Å². The average Bonchev–Trinajstić information content (AvgIpc) is 3.09. The quantitative estimate of drug-likeness (QED) is 0.100. The van der Waals surface area contributed by atoms with Crippen LogP contribution in [0.5, 0.6) is 11.5 Å². The van der Waals surface area contributed by atoms with E-state index in [1.165, 1.54) is 11.8 Å². The first-order chi connectivity index (χ1) is 24.6. The lowest BCUT2D eigenvalue weighted by atomic mass is 9.98. The molecule has 4 aromatic carbocycles. The van der Waals surface area contributed by atoms with Gasteiger partial charge in [-0.3, -0.25) is 0 Å². The van der Waals surface area contributed by atoms with Crippen LogP contribution in [-0.4, -0.2) is 19.0 Å². The molecule has 4 aromatic rings. The smallest absolute Gasteiger partial charge is 0.429 e. The van der Waals surface area contributed by atoms with Crippen LogP contribution in [0.1, 0.15) is 53.7 Å². The number of alkyl halides is 4. The highest BCUT2D eigenvalue weighted by molar-refractivity contribution is 7.99. The Morgan fingerprint density at radius 3 is 1.98 bits per heavy atom. The molecule has 1 fully saturated rings. The predicted octanol–water partition coefficient (Wildman–Crippen LogP) is 12.2. The molecule has 0 N–H and O–H groups in total. The van der Waals surface area contributed by atoms with Crippen molar-refractivity contribution >= 4 is 17.6 Å². The maximum Gasteiger partial charge on any atom is 0.432 e. The molecule has 278 valence electrons. The lowest BCUT2D eigenvalue weighted by molar-refractivity contribution is -0.189. The van der Waals surface area contributed by atoms with Crippen molar-refractivity contribution in [3.8, 4) is 22.6 Å². The largest absolute Gasteiger partial charge is 0.432 e. The van der Waals surface area contributed by atoms with Crippen LogP contribution < -0.4 is 9.47 Å². The molecule has 1 heterocycles. The number of ether oxygens (including phenoxy) is 3. The van der Waals surface area contributed by atoms with Gasteiger partial charge in [-0.1, -0.05) is 19.1 Å². The second-order valence-electron chi connectivity index (χ2n) is 11.9. The maximum atomic E-state index is 15.1. The van der Waals surface area contributed by atoms with Gasteiger partial charge in [0.2, 0.25) is 0 Å². The molecule has 0 aliphatic carbocycles. The Morgan fingerprint density at radius 2 is 1.42 bits per heavy atom. The molecule has 1 aliphatic rings. The van der Waals surface area contributed by atoms with Gasteiger partial charge in [-0.25, -0.2) is 30.7 Å². The Morgan fingerprint density at radius 1 is 0.769 bits per heavy atom. The van der Waals surface area contributed by atoms with E-state index in [-0.39, 0.29) is 33.9 Å². The molecule has 0 spiro atoms. The zero-order valence-corrected chi connectivity index (χ0v) is 27.9. The lowest BCUT2D eigenvalue weighted by Crippen LogP contribution is -2.25. The summed E-state index contributed by atoms with van der Waals surface area (Å²) < 4.78 is 174. The van der Waals surface area contributed by atoms with Crippen molar-refractivity contribution in [1.29, 1.82) is 0 Å². The van der Waals surface area contributed by atoms with E-state index in [0.29, 0.717) is 49.7 Å². The third-order valence-corrected chi connectivity index (χ3v) is 9.69. The van der Waals surface area contributed by atoms with Crippen molar-refractivity contribution in [2.45, 2.75) is 43.7 Å². The highest BCUT2D eigenvalue weighted by atomic mass is 32.2. The molecule has 3 nitrogen and oxygen atoms in total. The molecule has 0 aromatic heterocycles. The molecule has 1 aliphatic heterocycles. The number of hydrogen-bond acceptors (Lipinski definition) is 4. The molecule has 5 rings (SSSR count). The molecule has 0 radical (unpaired) electrons. The molecular weight excluding hydrogens is 733 g/mol. The maximum absolute atomic E-state index is 15.1. The Balaban J connectivity index is 1.27. The van der Waals surface area contributed by atoms with Gasteiger partial charge in [-0.05, 0) is 102 Å². The van der Waals surface area contributed by atoms with Gasteiger partial charge in [0.1, 0.15) is 35.1 Å². The number of rotatable bonds is 13. The van der Waals surface area contributed by atoms with Crippen molar-refractivity contribution < 1.29 is 62.5 Å². The van der Waals surface area contributed by atoms with Crippen LogP contribution in [0.25, 0.3) is 17.0 Å². The van der Waals surface area contributed by atoms with E-state index in [1.807, 2.05) is 6.92 Å². The van der Waals surface area contributed by atoms with E-state index in [2.05, 4.69) is 9.47 Å². The van der Waals surface area contributed by atoms with E-state index in [4.69, 9.17) is 4.74 Å². The third kappa shape index (κ3) is 8.85. The van der Waals surface area contributed by atoms with Crippen molar-refractivity contribution in [2.24, 2.45) is 5.92 Å². The Hall–Kier alpha value is -4.24. The summed E-state index contributed by atoms with van der Waals surface area (Å²) in [7, 11) is 0. The first-order valence-corrected chi connectivity index (χ1v) is 16.9. The number of halogens is 11. The van der Waals surface area contributed by atoms with E-state index in [9.17, 15) is 30.7 Å². The van der Waals surface area contributed by atoms with Gasteiger partial charge in [0, 0.05) is 17.4 Å². The summed E-state index contributed by atoms with van der Waals surface area (Å²) in [6, 6.07) is 7.94. The summed E-state index contributed by atoms with van der Waals surface area (Å²) >= 11 is 1.47. The number of hydrogen-bond donors (Lipinski definition) is 0. The monoisotopic (exact) mass is 762 g/mol. The Kier molecular flexibility index (Phi) is 12.1. The number of thioether (sulfide) groups is 1. The number of benzene rings is 4. The first-order valence-electron chi connectivity index (χ1n) is 15.8. The highest BCUT2D eigenvalue weighted by Gasteiger charge is 2.42. The minimum absolute atomic E-state index is 0.0155. The molecule has 2 unspecified atom stereocenters. The van der Waals surface area contributed by atoms with Crippen LogP contribution in [0.15, 0.2) is 73.1 Å². The van der Waals surface area contributed by atoms with Crippen LogP contribution in [0.4, 0.5) is 48.3 Å². The predicted molar refractivity (Wildman–Crippen MR) is 173 cm³/mol. The molecule has 2 atom stereocenters. The van der Waals surface area contributed by atoms with E-state index in [1.54, 1.807) is 0 Å². The fourth-order valence-electron chi connectivity index (χ4n) is 5.53. The van der Waals surface area contributed by atoms with Gasteiger partial charge >= 0.3 is 12.2 Å². The van der Waals surface area contributed by atoms with Gasteiger partial charge < -0.3 is 14.2 Å². The summed E-state index contributed by atoms with van der Waals surface area (Å²) in [4.78, 5) is 0. The zero-order chi connectivity index (χ0) is 37.8. The molecule has 0 saturated carbocycles. The summed E-state index contributed by atoms with van der Waals surface area (Å²) in [5, 5.41) is -0.296. The van der Waals surface area contributed by atoms with Crippen molar-refractivity contribution in [3.63, 3.8) is 0 Å². The van der Waals surface area contributed by atoms with E-state index in [0.717, 1.165) is 49.2 Å². The molecule has 52 heavy (non-hydrogen) atoms. The fraction of sp³-hybridized carbons (Fsp3) is 0.297. The average molecular weight is 763 g/mol. The first kappa shape index (κ1) is 39.0. The summed E-state index contributed by atoms with van der Waals surface area (Å²) in [5.74, 6) is -10.7. The third-order valence-electron chi connectivity index (χ3n) is 8.12. The van der Waals surface area contributed by atoms with Crippen LogP contribution >= 0.6 is 11.8 Å². The van der Waals surface area contributed by atoms with Crippen LogP contribution in [0.3, 0.4) is 0 Å². The lowest BCUT2D eigenvalue weighted by Gasteiger charge is -2.29. The fourth-order valence-corrected chi connectivity index (χ4v) is 6.92. The molecule has 15 heteroatoms. The molecule has 1 saturated heterocycles. The van der Waals surface area contributed by atoms with Crippen molar-refractivity contribution in [1.82, 2.24) is 0 Å². The minimum atomic E-state index is -4.54. The molecular formula is C37H29F11O3S. The minimum Gasteiger partial charge on any atom is -0.429 e. The molecule has 0 amide bonds. The topological polar surface area (TPSA) is 27.7 Å². The highest BCUT2D eigenvalue weighted by Crippen LogP contribution is 2.44. The van der Waals surface area contributed by atoms with Crippen LogP contribution in [0.2, 0.25) is 0 Å². The summed E-state index contributed by atoms with van der Waals surface area (Å²) in [6.45, 7) is 3.21.